The van der Waals surface area contributed by atoms with Crippen molar-refractivity contribution in [3.63, 3.8) is 0 Å². The number of carbonyl (C=O) groups excluding carboxylic acids is 3. The molecule has 4 amide bonds. The molecule has 4 N–H and O–H groups in total. The lowest BCUT2D eigenvalue weighted by Crippen LogP contribution is -2.36. The standard InChI is InChI=1S/C30H37N5O5/c1-30(2,3)40-29(39)33-26-9-7-6-8-25(26)32-27(37)22-12-10-21(11-13-22)20-35(18-19-36)28(38)31-23-14-16-24(17-15-23)34(4)5/h6-17,36H,18-20H2,1-5H3,(H,31,38)(H,32,37)(H,33,39). The summed E-state index contributed by atoms with van der Waals surface area (Å²) < 4.78 is 5.30. The van der Waals surface area contributed by atoms with Gasteiger partial charge in [-0.1, -0.05) is 24.3 Å². The minimum atomic E-state index is -0.658. The molecule has 0 aliphatic rings. The van der Waals surface area contributed by atoms with E-state index < -0.39 is 11.7 Å². The number of rotatable bonds is 9. The van der Waals surface area contributed by atoms with Crippen LogP contribution in [0.5, 0.6) is 0 Å². The number of nitrogens with one attached hydrogen (secondary N) is 3. The maximum Gasteiger partial charge on any atom is 0.412 e. The summed E-state index contributed by atoms with van der Waals surface area (Å²) in [6, 6.07) is 20.8. The van der Waals surface area contributed by atoms with Gasteiger partial charge in [-0.05, 0) is 74.9 Å². The van der Waals surface area contributed by atoms with Crippen molar-refractivity contribution < 1.29 is 24.2 Å². The first-order chi connectivity index (χ1) is 18.9. The van der Waals surface area contributed by atoms with Gasteiger partial charge in [0.2, 0.25) is 0 Å². The zero-order chi connectivity index (χ0) is 29.3. The summed E-state index contributed by atoms with van der Waals surface area (Å²) in [5, 5.41) is 17.8. The van der Waals surface area contributed by atoms with Crippen molar-refractivity contribution in [3.05, 3.63) is 83.9 Å². The van der Waals surface area contributed by atoms with E-state index in [1.807, 2.05) is 43.3 Å². The minimum absolute atomic E-state index is 0.144. The number of aliphatic hydroxyl groups is 1. The first-order valence-corrected chi connectivity index (χ1v) is 12.9. The van der Waals surface area contributed by atoms with Crippen LogP contribution in [0.3, 0.4) is 0 Å². The Kier molecular flexibility index (Phi) is 10.1. The van der Waals surface area contributed by atoms with E-state index in [2.05, 4.69) is 16.0 Å². The average molecular weight is 548 g/mol. The molecule has 0 bridgehead atoms. The molecule has 0 spiro atoms. The number of hydrogen-bond donors (Lipinski definition) is 4. The molecule has 0 aliphatic carbocycles. The van der Waals surface area contributed by atoms with E-state index in [0.29, 0.717) is 22.6 Å². The highest BCUT2D eigenvalue weighted by atomic mass is 16.6. The topological polar surface area (TPSA) is 123 Å². The van der Waals surface area contributed by atoms with Gasteiger partial charge in [0.25, 0.3) is 5.91 Å². The zero-order valence-corrected chi connectivity index (χ0v) is 23.5. The van der Waals surface area contributed by atoms with Gasteiger partial charge in [0.1, 0.15) is 5.60 Å². The summed E-state index contributed by atoms with van der Waals surface area (Å²) in [5.74, 6) is -0.365. The van der Waals surface area contributed by atoms with Gasteiger partial charge in [-0.15, -0.1) is 0 Å². The molecule has 0 saturated heterocycles. The Balaban J connectivity index is 1.63. The average Bonchev–Trinajstić information content (AvgIpc) is 2.89. The summed E-state index contributed by atoms with van der Waals surface area (Å²) in [7, 11) is 3.88. The van der Waals surface area contributed by atoms with Crippen molar-refractivity contribution in [1.29, 1.82) is 0 Å². The van der Waals surface area contributed by atoms with E-state index in [0.717, 1.165) is 11.3 Å². The number of ether oxygens (including phenoxy) is 1. The van der Waals surface area contributed by atoms with Crippen molar-refractivity contribution in [3.8, 4) is 0 Å². The highest BCUT2D eigenvalue weighted by Gasteiger charge is 2.18. The first-order valence-electron chi connectivity index (χ1n) is 12.9. The maximum atomic E-state index is 12.9. The van der Waals surface area contributed by atoms with Crippen molar-refractivity contribution in [2.75, 3.05) is 48.1 Å². The molecule has 0 fully saturated rings. The Morgan fingerprint density at radius 2 is 1.43 bits per heavy atom. The fourth-order valence-electron chi connectivity index (χ4n) is 3.71. The van der Waals surface area contributed by atoms with Gasteiger partial charge >= 0.3 is 12.1 Å². The number of para-hydroxylation sites is 2. The van der Waals surface area contributed by atoms with Gasteiger partial charge in [0, 0.05) is 44.1 Å². The number of hydrogen-bond acceptors (Lipinski definition) is 6. The number of aliphatic hydroxyl groups excluding tert-OH is 1. The molecular formula is C30H37N5O5. The second-order valence-corrected chi connectivity index (χ2v) is 10.3. The van der Waals surface area contributed by atoms with Crippen LogP contribution in [0.2, 0.25) is 0 Å². The number of urea groups is 1. The Morgan fingerprint density at radius 1 is 0.825 bits per heavy atom. The number of benzene rings is 3. The van der Waals surface area contributed by atoms with Crippen molar-refractivity contribution in [1.82, 2.24) is 4.90 Å². The first kappa shape index (κ1) is 30.0. The summed E-state index contributed by atoms with van der Waals surface area (Å²) in [5.41, 5.74) is 3.01. The van der Waals surface area contributed by atoms with Crippen LogP contribution < -0.4 is 20.9 Å². The minimum Gasteiger partial charge on any atom is -0.444 e. The zero-order valence-electron chi connectivity index (χ0n) is 23.5. The largest absolute Gasteiger partial charge is 0.444 e. The van der Waals surface area contributed by atoms with Crippen LogP contribution in [0, 0.1) is 0 Å². The van der Waals surface area contributed by atoms with Gasteiger partial charge in [-0.2, -0.15) is 0 Å². The van der Waals surface area contributed by atoms with Crippen molar-refractivity contribution >= 4 is 40.8 Å². The number of anilines is 4. The van der Waals surface area contributed by atoms with E-state index in [1.54, 1.807) is 69.3 Å². The van der Waals surface area contributed by atoms with Gasteiger partial charge < -0.3 is 30.3 Å². The van der Waals surface area contributed by atoms with Gasteiger partial charge in [-0.25, -0.2) is 9.59 Å². The fourth-order valence-corrected chi connectivity index (χ4v) is 3.71. The molecule has 0 unspecified atom stereocenters. The molecule has 0 aliphatic heterocycles. The predicted octanol–water partition coefficient (Wildman–Crippen LogP) is 5.38. The lowest BCUT2D eigenvalue weighted by Gasteiger charge is -2.23. The molecule has 0 heterocycles. The lowest BCUT2D eigenvalue weighted by molar-refractivity contribution is 0.0635. The molecule has 3 rings (SSSR count). The molecule has 10 nitrogen and oxygen atoms in total. The van der Waals surface area contributed by atoms with E-state index in [9.17, 15) is 19.5 Å². The van der Waals surface area contributed by atoms with E-state index >= 15 is 0 Å². The molecule has 3 aromatic carbocycles. The van der Waals surface area contributed by atoms with Crippen LogP contribution in [0.4, 0.5) is 32.3 Å². The molecule has 40 heavy (non-hydrogen) atoms. The molecule has 10 heteroatoms. The summed E-state index contributed by atoms with van der Waals surface area (Å²) in [6.45, 7) is 5.50. The Hall–Kier alpha value is -4.57. The summed E-state index contributed by atoms with van der Waals surface area (Å²) in [4.78, 5) is 41.5. The highest BCUT2D eigenvalue weighted by molar-refractivity contribution is 6.06. The smallest absolute Gasteiger partial charge is 0.412 e. The van der Waals surface area contributed by atoms with Crippen molar-refractivity contribution in [2.45, 2.75) is 32.9 Å². The third kappa shape index (κ3) is 9.02. The summed E-state index contributed by atoms with van der Waals surface area (Å²) >= 11 is 0. The van der Waals surface area contributed by atoms with E-state index in [1.165, 1.54) is 4.90 Å². The molecular weight excluding hydrogens is 510 g/mol. The van der Waals surface area contributed by atoms with Crippen LogP contribution in [-0.4, -0.2) is 60.9 Å². The molecule has 0 saturated carbocycles. The molecule has 0 atom stereocenters. The quantitative estimate of drug-likeness (QED) is 0.285. The normalized spacial score (nSPS) is 10.8. The molecule has 212 valence electrons. The van der Waals surface area contributed by atoms with Crippen molar-refractivity contribution in [2.24, 2.45) is 0 Å². The van der Waals surface area contributed by atoms with Crippen LogP contribution in [-0.2, 0) is 11.3 Å². The second-order valence-electron chi connectivity index (χ2n) is 10.3. The monoisotopic (exact) mass is 547 g/mol. The molecule has 3 aromatic rings. The van der Waals surface area contributed by atoms with Gasteiger partial charge in [0.05, 0.1) is 18.0 Å². The van der Waals surface area contributed by atoms with E-state index in [-0.39, 0.29) is 31.6 Å². The second kappa shape index (κ2) is 13.5. The number of nitrogens with zero attached hydrogens (tertiary/aromatic N) is 2. The number of carbonyl (C=O) groups is 3. The predicted molar refractivity (Wildman–Crippen MR) is 158 cm³/mol. The third-order valence-corrected chi connectivity index (χ3v) is 5.69. The van der Waals surface area contributed by atoms with E-state index in [4.69, 9.17) is 4.74 Å². The van der Waals surface area contributed by atoms with Crippen LogP contribution in [0.25, 0.3) is 0 Å². The Morgan fingerprint density at radius 3 is 1.98 bits per heavy atom. The summed E-state index contributed by atoms with van der Waals surface area (Å²) in [6.07, 6.45) is -0.624. The highest BCUT2D eigenvalue weighted by Crippen LogP contribution is 2.23. The van der Waals surface area contributed by atoms with Crippen LogP contribution in [0.1, 0.15) is 36.7 Å². The molecule has 0 radical (unpaired) electrons. The lowest BCUT2D eigenvalue weighted by atomic mass is 10.1. The Bertz CT molecular complexity index is 1300. The van der Waals surface area contributed by atoms with Crippen LogP contribution in [0.15, 0.2) is 72.8 Å². The van der Waals surface area contributed by atoms with Gasteiger partial charge in [0.15, 0.2) is 0 Å². The third-order valence-electron chi connectivity index (χ3n) is 5.69. The van der Waals surface area contributed by atoms with Gasteiger partial charge in [-0.3, -0.25) is 10.1 Å². The Labute approximate surface area is 234 Å². The maximum absolute atomic E-state index is 12.9. The molecule has 0 aromatic heterocycles. The number of amides is 4. The SMILES string of the molecule is CN(C)c1ccc(NC(=O)N(CCO)Cc2ccc(C(=O)Nc3ccccc3NC(=O)OC(C)(C)C)cc2)cc1. The van der Waals surface area contributed by atoms with Crippen LogP contribution >= 0.6 is 0 Å². The fraction of sp³-hybridized carbons (Fsp3) is 0.300.